The van der Waals surface area contributed by atoms with Crippen molar-refractivity contribution in [1.82, 2.24) is 25.1 Å². The Labute approximate surface area is 169 Å². The van der Waals surface area contributed by atoms with Gasteiger partial charge in [0.05, 0.1) is 18.3 Å². The van der Waals surface area contributed by atoms with E-state index in [4.69, 9.17) is 0 Å². The maximum atomic E-state index is 13.5. The Hall–Kier alpha value is -3.82. The van der Waals surface area contributed by atoms with Gasteiger partial charge in [-0.2, -0.15) is 18.3 Å². The third-order valence-corrected chi connectivity index (χ3v) is 4.32. The molecule has 4 rings (SSSR count). The van der Waals surface area contributed by atoms with Gasteiger partial charge in [0.2, 0.25) is 0 Å². The predicted molar refractivity (Wildman–Crippen MR) is 103 cm³/mol. The van der Waals surface area contributed by atoms with Gasteiger partial charge < -0.3 is 5.32 Å². The summed E-state index contributed by atoms with van der Waals surface area (Å²) in [5.74, 6) is -0.362. The van der Waals surface area contributed by atoms with Gasteiger partial charge in [-0.25, -0.2) is 4.68 Å². The number of aliphatic imine (C=N–C) groups is 1. The van der Waals surface area contributed by atoms with Crippen LogP contribution in [0.4, 0.5) is 13.2 Å². The molecule has 0 radical (unpaired) electrons. The van der Waals surface area contributed by atoms with Crippen LogP contribution in [0.3, 0.4) is 0 Å². The SMILES string of the molecule is O=C(NC1C=CC(n2nc(-c3cccnc3)cc2C(F)(F)F)=NC1)c1ccccn1. The number of nitrogens with zero attached hydrogens (tertiary/aromatic N) is 5. The summed E-state index contributed by atoms with van der Waals surface area (Å²) in [7, 11) is 0. The number of carbonyl (C=O) groups is 1. The zero-order valence-corrected chi connectivity index (χ0v) is 15.4. The van der Waals surface area contributed by atoms with Gasteiger partial charge in [0.1, 0.15) is 11.5 Å². The lowest BCUT2D eigenvalue weighted by atomic mass is 10.2. The molecule has 1 unspecified atom stereocenters. The second-order valence-electron chi connectivity index (χ2n) is 6.42. The maximum Gasteiger partial charge on any atom is 0.433 e. The van der Waals surface area contributed by atoms with E-state index in [0.717, 1.165) is 10.7 Å². The van der Waals surface area contributed by atoms with Gasteiger partial charge in [0.25, 0.3) is 5.91 Å². The monoisotopic (exact) mass is 412 g/mol. The molecule has 0 aromatic carbocycles. The second-order valence-corrected chi connectivity index (χ2v) is 6.42. The van der Waals surface area contributed by atoms with Gasteiger partial charge in [0.15, 0.2) is 5.69 Å². The van der Waals surface area contributed by atoms with Crippen LogP contribution in [0.25, 0.3) is 11.3 Å². The molecule has 30 heavy (non-hydrogen) atoms. The van der Waals surface area contributed by atoms with Crippen molar-refractivity contribution in [2.45, 2.75) is 12.2 Å². The number of aromatic nitrogens is 4. The predicted octanol–water partition coefficient (Wildman–Crippen LogP) is 2.97. The third kappa shape index (κ3) is 4.12. The highest BCUT2D eigenvalue weighted by Gasteiger charge is 2.37. The fourth-order valence-electron chi connectivity index (χ4n) is 2.89. The number of halogens is 3. The molecule has 1 amide bonds. The Balaban J connectivity index is 1.56. The number of amides is 1. The van der Waals surface area contributed by atoms with Crippen molar-refractivity contribution in [1.29, 1.82) is 0 Å². The molecule has 1 N–H and O–H groups in total. The highest BCUT2D eigenvalue weighted by atomic mass is 19.4. The second kappa shape index (κ2) is 7.90. The minimum absolute atomic E-state index is 0.0285. The lowest BCUT2D eigenvalue weighted by Crippen LogP contribution is -2.38. The molecule has 1 atom stereocenters. The van der Waals surface area contributed by atoms with Crippen molar-refractivity contribution < 1.29 is 18.0 Å². The van der Waals surface area contributed by atoms with Gasteiger partial charge in [-0.3, -0.25) is 19.8 Å². The van der Waals surface area contributed by atoms with Crippen LogP contribution in [-0.4, -0.2) is 44.1 Å². The molecule has 1 aliphatic rings. The van der Waals surface area contributed by atoms with Crippen LogP contribution in [0.1, 0.15) is 16.2 Å². The molecule has 152 valence electrons. The van der Waals surface area contributed by atoms with E-state index in [1.807, 2.05) is 0 Å². The number of pyridine rings is 2. The van der Waals surface area contributed by atoms with Crippen LogP contribution in [0.5, 0.6) is 0 Å². The molecule has 3 aromatic heterocycles. The summed E-state index contributed by atoms with van der Waals surface area (Å²) < 4.78 is 41.4. The molecule has 0 spiro atoms. The minimum Gasteiger partial charge on any atom is -0.343 e. The summed E-state index contributed by atoms with van der Waals surface area (Å²) in [5, 5.41) is 6.81. The molecular formula is C20H15F3N6O. The normalized spacial score (nSPS) is 16.2. The van der Waals surface area contributed by atoms with E-state index in [0.29, 0.717) is 5.56 Å². The number of alkyl halides is 3. The van der Waals surface area contributed by atoms with E-state index in [9.17, 15) is 18.0 Å². The maximum absolute atomic E-state index is 13.5. The van der Waals surface area contributed by atoms with Crippen LogP contribution >= 0.6 is 0 Å². The Bertz CT molecular complexity index is 1110. The molecule has 3 aromatic rings. The third-order valence-electron chi connectivity index (χ3n) is 4.32. The summed E-state index contributed by atoms with van der Waals surface area (Å²) in [6.45, 7) is 0.0732. The lowest BCUT2D eigenvalue weighted by Gasteiger charge is -2.18. The number of hydrogen-bond acceptors (Lipinski definition) is 5. The first-order valence-corrected chi connectivity index (χ1v) is 8.94. The van der Waals surface area contributed by atoms with E-state index in [2.05, 4.69) is 25.4 Å². The highest BCUT2D eigenvalue weighted by molar-refractivity contribution is 5.96. The Morgan fingerprint density at radius 3 is 2.67 bits per heavy atom. The molecule has 0 bridgehead atoms. The first-order chi connectivity index (χ1) is 14.4. The number of allylic oxidation sites excluding steroid dienone is 1. The van der Waals surface area contributed by atoms with Crippen molar-refractivity contribution in [3.05, 3.63) is 78.5 Å². The Morgan fingerprint density at radius 2 is 2.03 bits per heavy atom. The lowest BCUT2D eigenvalue weighted by molar-refractivity contribution is -0.142. The van der Waals surface area contributed by atoms with Gasteiger partial charge in [-0.15, -0.1) is 0 Å². The summed E-state index contributed by atoms with van der Waals surface area (Å²) >= 11 is 0. The number of nitrogens with one attached hydrogen (secondary N) is 1. The van der Waals surface area contributed by atoms with E-state index in [1.54, 1.807) is 36.4 Å². The average molecular weight is 412 g/mol. The minimum atomic E-state index is -4.62. The summed E-state index contributed by atoms with van der Waals surface area (Å²) in [4.78, 5) is 24.2. The molecule has 0 saturated carbocycles. The average Bonchev–Trinajstić information content (AvgIpc) is 3.22. The van der Waals surface area contributed by atoms with Gasteiger partial charge >= 0.3 is 6.18 Å². The van der Waals surface area contributed by atoms with Crippen molar-refractivity contribution in [2.75, 3.05) is 6.54 Å². The molecule has 4 heterocycles. The Morgan fingerprint density at radius 1 is 1.17 bits per heavy atom. The summed E-state index contributed by atoms with van der Waals surface area (Å²) in [6.07, 6.45) is 2.83. The molecular weight excluding hydrogens is 397 g/mol. The number of hydrogen-bond donors (Lipinski definition) is 1. The van der Waals surface area contributed by atoms with Gasteiger partial charge in [0, 0.05) is 24.2 Å². The standard InChI is InChI=1S/C20H15F3N6O/c21-20(22,23)17-10-16(13-4-3-8-24-11-13)28-29(17)18-7-6-14(12-26-18)27-19(30)15-5-1-2-9-25-15/h1-11,14H,12H2,(H,27,30). The quantitative estimate of drug-likeness (QED) is 0.717. The van der Waals surface area contributed by atoms with Crippen LogP contribution in [0.2, 0.25) is 0 Å². The van der Waals surface area contributed by atoms with E-state index >= 15 is 0 Å². The zero-order chi connectivity index (χ0) is 21.1. The van der Waals surface area contributed by atoms with Crippen LogP contribution < -0.4 is 5.32 Å². The van der Waals surface area contributed by atoms with Gasteiger partial charge in [-0.1, -0.05) is 12.1 Å². The summed E-state index contributed by atoms with van der Waals surface area (Å²) in [6, 6.07) is 8.68. The molecule has 0 fully saturated rings. The number of carbonyl (C=O) groups excluding carboxylic acids is 1. The van der Waals surface area contributed by atoms with Crippen LogP contribution in [0.15, 0.2) is 72.1 Å². The van der Waals surface area contributed by atoms with Crippen molar-refractivity contribution in [3.63, 3.8) is 0 Å². The molecule has 7 nitrogen and oxygen atoms in total. The smallest absolute Gasteiger partial charge is 0.343 e. The van der Waals surface area contributed by atoms with Crippen LogP contribution in [0, 0.1) is 0 Å². The van der Waals surface area contributed by atoms with E-state index in [1.165, 1.54) is 24.7 Å². The zero-order valence-electron chi connectivity index (χ0n) is 15.4. The summed E-state index contributed by atoms with van der Waals surface area (Å²) in [5.41, 5.74) is -0.103. The molecule has 1 aliphatic heterocycles. The Kier molecular flexibility index (Phi) is 5.13. The number of rotatable bonds is 3. The van der Waals surface area contributed by atoms with Gasteiger partial charge in [-0.05, 0) is 36.4 Å². The van der Waals surface area contributed by atoms with Crippen molar-refractivity contribution >= 4 is 11.7 Å². The fraction of sp³-hybridized carbons (Fsp3) is 0.150. The van der Waals surface area contributed by atoms with Crippen molar-refractivity contribution in [2.24, 2.45) is 4.99 Å². The van der Waals surface area contributed by atoms with E-state index < -0.39 is 23.8 Å². The van der Waals surface area contributed by atoms with Crippen LogP contribution in [-0.2, 0) is 6.18 Å². The first kappa shape index (κ1) is 19.5. The molecule has 0 saturated heterocycles. The topological polar surface area (TPSA) is 85.1 Å². The van der Waals surface area contributed by atoms with Crippen molar-refractivity contribution in [3.8, 4) is 11.3 Å². The largest absolute Gasteiger partial charge is 0.433 e. The first-order valence-electron chi connectivity index (χ1n) is 8.94. The molecule has 0 aliphatic carbocycles. The van der Waals surface area contributed by atoms with E-state index in [-0.39, 0.29) is 23.8 Å². The molecule has 10 heteroatoms. The fourth-order valence-corrected chi connectivity index (χ4v) is 2.89. The number of dihydropyridines is 1. The highest BCUT2D eigenvalue weighted by Crippen LogP contribution is 2.32.